The molecule has 20 heavy (non-hydrogen) atoms. The molecule has 0 aliphatic carbocycles. The lowest BCUT2D eigenvalue weighted by atomic mass is 10.0. The second-order valence-electron chi connectivity index (χ2n) is 4.56. The van der Waals surface area contributed by atoms with Crippen molar-refractivity contribution in [3.8, 4) is 0 Å². The van der Waals surface area contributed by atoms with Crippen LogP contribution in [0.4, 0.5) is 0 Å². The van der Waals surface area contributed by atoms with Crippen LogP contribution in [0.5, 0.6) is 0 Å². The molecule has 1 aromatic rings. The van der Waals surface area contributed by atoms with Crippen LogP contribution >= 0.6 is 11.8 Å². The first-order valence-corrected chi connectivity index (χ1v) is 7.39. The maximum absolute atomic E-state index is 10.9. The van der Waals surface area contributed by atoms with Gasteiger partial charge in [-0.2, -0.15) is 0 Å². The maximum Gasteiger partial charge on any atom is 0.185 e. The van der Waals surface area contributed by atoms with Gasteiger partial charge in [0.2, 0.25) is 0 Å². The minimum atomic E-state index is -1.04. The van der Waals surface area contributed by atoms with Gasteiger partial charge in [0.25, 0.3) is 0 Å². The quantitative estimate of drug-likeness (QED) is 0.856. The summed E-state index contributed by atoms with van der Waals surface area (Å²) in [6.07, 6.45) is -2.45. The number of ether oxygens (including phenoxy) is 2. The van der Waals surface area contributed by atoms with Gasteiger partial charge in [0.15, 0.2) is 11.4 Å². The highest BCUT2D eigenvalue weighted by Crippen LogP contribution is 2.27. The third-order valence-electron chi connectivity index (χ3n) is 2.97. The summed E-state index contributed by atoms with van der Waals surface area (Å²) in [7, 11) is 0. The molecular weight excluding hydrogens is 280 g/mol. The van der Waals surface area contributed by atoms with E-state index in [1.54, 1.807) is 18.2 Å². The SMILES string of the molecule is CC(=O)SCC(O)C(O)c1cccc(C2OCCO2)c1. The van der Waals surface area contributed by atoms with Crippen molar-refractivity contribution in [2.24, 2.45) is 0 Å². The van der Waals surface area contributed by atoms with E-state index in [9.17, 15) is 15.0 Å². The fourth-order valence-corrected chi connectivity index (χ4v) is 2.54. The van der Waals surface area contributed by atoms with E-state index in [0.717, 1.165) is 17.3 Å². The zero-order valence-electron chi connectivity index (χ0n) is 11.2. The number of rotatable bonds is 5. The topological polar surface area (TPSA) is 76.0 Å². The molecule has 1 saturated heterocycles. The van der Waals surface area contributed by atoms with Crippen LogP contribution in [0.15, 0.2) is 24.3 Å². The summed E-state index contributed by atoms with van der Waals surface area (Å²) in [4.78, 5) is 10.9. The summed E-state index contributed by atoms with van der Waals surface area (Å²) in [5.41, 5.74) is 1.39. The average molecular weight is 298 g/mol. The predicted molar refractivity (Wildman–Crippen MR) is 75.2 cm³/mol. The Labute approximate surface area is 121 Å². The summed E-state index contributed by atoms with van der Waals surface area (Å²) < 4.78 is 10.8. The van der Waals surface area contributed by atoms with Crippen LogP contribution in [0.2, 0.25) is 0 Å². The average Bonchev–Trinajstić information content (AvgIpc) is 2.98. The summed E-state index contributed by atoms with van der Waals surface area (Å²) in [6.45, 7) is 2.53. The lowest BCUT2D eigenvalue weighted by Gasteiger charge is -2.19. The monoisotopic (exact) mass is 298 g/mol. The zero-order chi connectivity index (χ0) is 14.5. The van der Waals surface area contributed by atoms with Crippen LogP contribution in [0, 0.1) is 0 Å². The van der Waals surface area contributed by atoms with Gasteiger partial charge in [-0.3, -0.25) is 4.79 Å². The summed E-state index contributed by atoms with van der Waals surface area (Å²) in [6, 6.07) is 7.11. The molecule has 2 atom stereocenters. The Balaban J connectivity index is 2.03. The van der Waals surface area contributed by atoms with Crippen molar-refractivity contribution < 1.29 is 24.5 Å². The van der Waals surface area contributed by atoms with Crippen molar-refractivity contribution in [2.75, 3.05) is 19.0 Å². The zero-order valence-corrected chi connectivity index (χ0v) is 12.0. The van der Waals surface area contributed by atoms with Gasteiger partial charge in [-0.05, 0) is 11.6 Å². The molecule has 2 rings (SSSR count). The Morgan fingerprint density at radius 2 is 2.10 bits per heavy atom. The molecule has 0 radical (unpaired) electrons. The molecule has 0 bridgehead atoms. The highest BCUT2D eigenvalue weighted by Gasteiger charge is 2.22. The Hall–Kier alpha value is -0.920. The fraction of sp³-hybridized carbons (Fsp3) is 0.500. The van der Waals surface area contributed by atoms with Crippen LogP contribution < -0.4 is 0 Å². The van der Waals surface area contributed by atoms with Gasteiger partial charge in [0, 0.05) is 18.2 Å². The van der Waals surface area contributed by atoms with E-state index in [-0.39, 0.29) is 10.9 Å². The van der Waals surface area contributed by atoms with E-state index in [1.807, 2.05) is 6.07 Å². The highest BCUT2D eigenvalue weighted by atomic mass is 32.2. The van der Waals surface area contributed by atoms with E-state index in [2.05, 4.69) is 0 Å². The van der Waals surface area contributed by atoms with Crippen molar-refractivity contribution in [2.45, 2.75) is 25.4 Å². The molecule has 0 aromatic heterocycles. The number of hydrogen-bond acceptors (Lipinski definition) is 6. The molecular formula is C14H18O5S. The lowest BCUT2D eigenvalue weighted by molar-refractivity contribution is -0.109. The van der Waals surface area contributed by atoms with Crippen LogP contribution in [-0.4, -0.2) is 40.4 Å². The van der Waals surface area contributed by atoms with Gasteiger partial charge < -0.3 is 19.7 Å². The molecule has 1 aromatic carbocycles. The fourth-order valence-electron chi connectivity index (χ4n) is 1.96. The van der Waals surface area contributed by atoms with Crippen LogP contribution in [0.25, 0.3) is 0 Å². The number of thioether (sulfide) groups is 1. The van der Waals surface area contributed by atoms with Crippen molar-refractivity contribution in [3.05, 3.63) is 35.4 Å². The summed E-state index contributed by atoms with van der Waals surface area (Å²) in [5.74, 6) is 0.164. The van der Waals surface area contributed by atoms with Gasteiger partial charge in [-0.25, -0.2) is 0 Å². The second kappa shape index (κ2) is 7.19. The van der Waals surface area contributed by atoms with E-state index in [1.165, 1.54) is 6.92 Å². The number of aliphatic hydroxyl groups is 2. The minimum absolute atomic E-state index is 0.0854. The second-order valence-corrected chi connectivity index (χ2v) is 5.76. The number of carbonyl (C=O) groups excluding carboxylic acids is 1. The van der Waals surface area contributed by atoms with E-state index >= 15 is 0 Å². The molecule has 6 heteroatoms. The number of carbonyl (C=O) groups is 1. The number of hydrogen-bond donors (Lipinski definition) is 2. The molecule has 1 fully saturated rings. The highest BCUT2D eigenvalue weighted by molar-refractivity contribution is 8.13. The molecule has 5 nitrogen and oxygen atoms in total. The Bertz CT molecular complexity index is 459. The van der Waals surface area contributed by atoms with Gasteiger partial charge in [0.1, 0.15) is 6.10 Å². The van der Waals surface area contributed by atoms with Crippen LogP contribution in [0.1, 0.15) is 30.4 Å². The standard InChI is InChI=1S/C14H18O5S/c1-9(15)20-8-12(16)13(17)10-3-2-4-11(7-10)14-18-5-6-19-14/h2-4,7,12-14,16-17H,5-6,8H2,1H3. The van der Waals surface area contributed by atoms with E-state index < -0.39 is 18.5 Å². The first-order valence-electron chi connectivity index (χ1n) is 6.40. The van der Waals surface area contributed by atoms with Crippen molar-refractivity contribution in [3.63, 3.8) is 0 Å². The Morgan fingerprint density at radius 1 is 1.40 bits per heavy atom. The Kier molecular flexibility index (Phi) is 5.56. The third kappa shape index (κ3) is 4.04. The van der Waals surface area contributed by atoms with Crippen molar-refractivity contribution in [1.29, 1.82) is 0 Å². The molecule has 2 unspecified atom stereocenters. The Morgan fingerprint density at radius 3 is 2.75 bits per heavy atom. The van der Waals surface area contributed by atoms with Crippen LogP contribution in [-0.2, 0) is 14.3 Å². The van der Waals surface area contributed by atoms with Crippen molar-refractivity contribution in [1.82, 2.24) is 0 Å². The largest absolute Gasteiger partial charge is 0.389 e. The number of aliphatic hydroxyl groups excluding tert-OH is 2. The normalized spacial score (nSPS) is 18.9. The van der Waals surface area contributed by atoms with E-state index in [4.69, 9.17) is 9.47 Å². The molecule has 0 saturated carbocycles. The van der Waals surface area contributed by atoms with Crippen LogP contribution in [0.3, 0.4) is 0 Å². The van der Waals surface area contributed by atoms with Gasteiger partial charge >= 0.3 is 0 Å². The molecule has 1 aliphatic rings. The maximum atomic E-state index is 10.9. The smallest absolute Gasteiger partial charge is 0.185 e. The van der Waals surface area contributed by atoms with Gasteiger partial charge in [-0.15, -0.1) is 0 Å². The number of benzene rings is 1. The molecule has 0 amide bonds. The van der Waals surface area contributed by atoms with Gasteiger partial charge in [0.05, 0.1) is 19.3 Å². The van der Waals surface area contributed by atoms with E-state index in [0.29, 0.717) is 18.8 Å². The summed E-state index contributed by atoms with van der Waals surface area (Å²) in [5, 5.41) is 19.9. The first kappa shape index (κ1) is 15.5. The first-order chi connectivity index (χ1) is 9.58. The molecule has 2 N–H and O–H groups in total. The minimum Gasteiger partial charge on any atom is -0.389 e. The third-order valence-corrected chi connectivity index (χ3v) is 3.88. The summed E-state index contributed by atoms with van der Waals surface area (Å²) >= 11 is 0.994. The lowest BCUT2D eigenvalue weighted by Crippen LogP contribution is -2.21. The predicted octanol–water partition coefficient (Wildman–Crippen LogP) is 1.41. The molecule has 110 valence electrons. The molecule has 1 heterocycles. The molecule has 0 spiro atoms. The molecule has 1 aliphatic heterocycles. The van der Waals surface area contributed by atoms with Crippen molar-refractivity contribution >= 4 is 16.9 Å². The van der Waals surface area contributed by atoms with Gasteiger partial charge in [-0.1, -0.05) is 30.0 Å².